The number of hydrogen-bond acceptors (Lipinski definition) is 5. The third-order valence-electron chi connectivity index (χ3n) is 3.20. The summed E-state index contributed by atoms with van der Waals surface area (Å²) in [5.74, 6) is -2.10. The van der Waals surface area contributed by atoms with Gasteiger partial charge in [0.2, 0.25) is 0 Å². The normalized spacial score (nSPS) is 15.3. The highest BCUT2D eigenvalue weighted by Crippen LogP contribution is 2.13. The molecular weight excluding hydrogens is 331 g/mol. The topological polar surface area (TPSA) is 104 Å². The van der Waals surface area contributed by atoms with Gasteiger partial charge in [-0.05, 0) is 32.4 Å². The standard InChI is InChI=1S/C12H19N3O2.C2HF3O2/c1-2-3-10-8-11(15-17-10)12(16)14-9-4-6-13-7-5-9;3-2(4,5)1(6)7/h8-9,13H,2-7H2,1H3,(H,14,16);(H,6,7). The van der Waals surface area contributed by atoms with Gasteiger partial charge in [0.1, 0.15) is 5.76 Å². The van der Waals surface area contributed by atoms with Gasteiger partial charge in [0.15, 0.2) is 5.69 Å². The van der Waals surface area contributed by atoms with E-state index < -0.39 is 12.1 Å². The molecule has 1 aromatic rings. The number of alkyl halides is 3. The average molecular weight is 351 g/mol. The number of rotatable bonds is 4. The predicted molar refractivity (Wildman–Crippen MR) is 77.5 cm³/mol. The molecule has 3 N–H and O–H groups in total. The highest BCUT2D eigenvalue weighted by atomic mass is 19.4. The van der Waals surface area contributed by atoms with E-state index in [0.29, 0.717) is 5.69 Å². The molecule has 1 fully saturated rings. The molecule has 2 rings (SSSR count). The van der Waals surface area contributed by atoms with Gasteiger partial charge in [-0.25, -0.2) is 4.79 Å². The zero-order valence-corrected chi connectivity index (χ0v) is 13.2. The maximum absolute atomic E-state index is 11.9. The molecule has 0 saturated carbocycles. The first-order valence-corrected chi connectivity index (χ1v) is 7.51. The van der Waals surface area contributed by atoms with Crippen LogP contribution in [0.15, 0.2) is 10.6 Å². The summed E-state index contributed by atoms with van der Waals surface area (Å²) in [6.45, 7) is 3.99. The van der Waals surface area contributed by atoms with Crippen molar-refractivity contribution in [3.05, 3.63) is 17.5 Å². The minimum atomic E-state index is -5.08. The lowest BCUT2D eigenvalue weighted by Gasteiger charge is -2.23. The summed E-state index contributed by atoms with van der Waals surface area (Å²) in [4.78, 5) is 20.8. The van der Waals surface area contributed by atoms with Crippen molar-refractivity contribution in [1.29, 1.82) is 0 Å². The second-order valence-corrected chi connectivity index (χ2v) is 5.23. The van der Waals surface area contributed by atoms with Crippen molar-refractivity contribution in [1.82, 2.24) is 15.8 Å². The monoisotopic (exact) mass is 351 g/mol. The Bertz CT molecular complexity index is 540. The second-order valence-electron chi connectivity index (χ2n) is 5.23. The Kier molecular flexibility index (Phi) is 7.69. The molecular formula is C14H20F3N3O4. The molecule has 0 aromatic carbocycles. The summed E-state index contributed by atoms with van der Waals surface area (Å²) in [6, 6.07) is 2.00. The van der Waals surface area contributed by atoms with Gasteiger partial charge in [-0.15, -0.1) is 0 Å². The number of aryl methyl sites for hydroxylation is 1. The Morgan fingerprint density at radius 2 is 2.00 bits per heavy atom. The first-order valence-electron chi connectivity index (χ1n) is 7.51. The van der Waals surface area contributed by atoms with E-state index in [1.54, 1.807) is 6.07 Å². The quantitative estimate of drug-likeness (QED) is 0.763. The molecule has 24 heavy (non-hydrogen) atoms. The number of piperidine rings is 1. The van der Waals surface area contributed by atoms with E-state index >= 15 is 0 Å². The SMILES string of the molecule is CCCc1cc(C(=O)NC2CCNCC2)no1.O=C(O)C(F)(F)F. The highest BCUT2D eigenvalue weighted by molar-refractivity contribution is 5.92. The smallest absolute Gasteiger partial charge is 0.475 e. The molecule has 2 heterocycles. The lowest BCUT2D eigenvalue weighted by atomic mass is 10.1. The molecule has 136 valence electrons. The molecule has 0 aliphatic carbocycles. The molecule has 0 spiro atoms. The highest BCUT2D eigenvalue weighted by Gasteiger charge is 2.38. The first-order chi connectivity index (χ1) is 11.2. The number of hydrogen-bond donors (Lipinski definition) is 3. The fraction of sp³-hybridized carbons (Fsp3) is 0.643. The molecule has 0 unspecified atom stereocenters. The molecule has 0 bridgehead atoms. The summed E-state index contributed by atoms with van der Waals surface area (Å²) >= 11 is 0. The molecule has 0 atom stereocenters. The fourth-order valence-electron chi connectivity index (χ4n) is 2.01. The Balaban J connectivity index is 0.000000351. The van der Waals surface area contributed by atoms with Crippen LogP contribution in [-0.2, 0) is 11.2 Å². The van der Waals surface area contributed by atoms with E-state index in [9.17, 15) is 18.0 Å². The largest absolute Gasteiger partial charge is 0.490 e. The van der Waals surface area contributed by atoms with Crippen LogP contribution in [0.4, 0.5) is 13.2 Å². The molecule has 1 amide bonds. The zero-order chi connectivity index (χ0) is 18.2. The lowest BCUT2D eigenvalue weighted by Crippen LogP contribution is -2.42. The van der Waals surface area contributed by atoms with E-state index in [1.165, 1.54) is 0 Å². The Morgan fingerprint density at radius 3 is 2.50 bits per heavy atom. The first kappa shape index (κ1) is 19.9. The van der Waals surface area contributed by atoms with Crippen LogP contribution in [0.3, 0.4) is 0 Å². The predicted octanol–water partition coefficient (Wildman–Crippen LogP) is 1.74. The maximum Gasteiger partial charge on any atom is 0.490 e. The molecule has 7 nitrogen and oxygen atoms in total. The van der Waals surface area contributed by atoms with Crippen molar-refractivity contribution >= 4 is 11.9 Å². The van der Waals surface area contributed by atoms with E-state index in [0.717, 1.165) is 44.5 Å². The molecule has 10 heteroatoms. The zero-order valence-electron chi connectivity index (χ0n) is 13.2. The van der Waals surface area contributed by atoms with Crippen molar-refractivity contribution in [2.45, 2.75) is 44.8 Å². The van der Waals surface area contributed by atoms with Crippen LogP contribution in [0.2, 0.25) is 0 Å². The van der Waals surface area contributed by atoms with Crippen LogP contribution in [0, 0.1) is 0 Å². The van der Waals surface area contributed by atoms with Gasteiger partial charge in [-0.1, -0.05) is 12.1 Å². The number of aliphatic carboxylic acids is 1. The van der Waals surface area contributed by atoms with Crippen LogP contribution < -0.4 is 10.6 Å². The van der Waals surface area contributed by atoms with Crippen LogP contribution in [0.5, 0.6) is 0 Å². The number of carboxylic acid groups (broad SMARTS) is 1. The molecule has 1 aliphatic rings. The average Bonchev–Trinajstić information content (AvgIpc) is 2.97. The summed E-state index contributed by atoms with van der Waals surface area (Å²) in [6.07, 6.45) is -1.31. The maximum atomic E-state index is 11.9. The summed E-state index contributed by atoms with van der Waals surface area (Å²) < 4.78 is 36.8. The van der Waals surface area contributed by atoms with Crippen molar-refractivity contribution in [3.8, 4) is 0 Å². The van der Waals surface area contributed by atoms with Crippen LogP contribution in [-0.4, -0.2) is 47.4 Å². The number of carbonyl (C=O) groups is 2. The van der Waals surface area contributed by atoms with Gasteiger partial charge in [0, 0.05) is 18.5 Å². The summed E-state index contributed by atoms with van der Waals surface area (Å²) in [5.41, 5.74) is 0.395. The lowest BCUT2D eigenvalue weighted by molar-refractivity contribution is -0.192. The Morgan fingerprint density at radius 1 is 1.42 bits per heavy atom. The van der Waals surface area contributed by atoms with Crippen LogP contribution >= 0.6 is 0 Å². The molecule has 1 aromatic heterocycles. The van der Waals surface area contributed by atoms with Gasteiger partial charge in [0.05, 0.1) is 0 Å². The fourth-order valence-corrected chi connectivity index (χ4v) is 2.01. The van der Waals surface area contributed by atoms with E-state index in [4.69, 9.17) is 14.4 Å². The number of aromatic nitrogens is 1. The van der Waals surface area contributed by atoms with Crippen LogP contribution in [0.25, 0.3) is 0 Å². The number of carboxylic acids is 1. The van der Waals surface area contributed by atoms with Gasteiger partial charge in [-0.3, -0.25) is 4.79 Å². The number of carbonyl (C=O) groups excluding carboxylic acids is 1. The van der Waals surface area contributed by atoms with Crippen molar-refractivity contribution in [2.24, 2.45) is 0 Å². The van der Waals surface area contributed by atoms with Gasteiger partial charge in [-0.2, -0.15) is 13.2 Å². The minimum Gasteiger partial charge on any atom is -0.475 e. The van der Waals surface area contributed by atoms with E-state index in [-0.39, 0.29) is 11.9 Å². The van der Waals surface area contributed by atoms with Crippen molar-refractivity contribution in [3.63, 3.8) is 0 Å². The number of nitrogens with one attached hydrogen (secondary N) is 2. The van der Waals surface area contributed by atoms with Gasteiger partial charge in [0.25, 0.3) is 5.91 Å². The Labute approximate surface area is 136 Å². The minimum absolute atomic E-state index is 0.122. The number of amides is 1. The summed E-state index contributed by atoms with van der Waals surface area (Å²) in [7, 11) is 0. The molecule has 0 radical (unpaired) electrons. The van der Waals surface area contributed by atoms with Gasteiger partial charge < -0.3 is 20.3 Å². The molecule has 1 aliphatic heterocycles. The number of halogens is 3. The Hall–Kier alpha value is -2.10. The third-order valence-corrected chi connectivity index (χ3v) is 3.20. The summed E-state index contributed by atoms with van der Waals surface area (Å²) in [5, 5.41) is 17.2. The molecule has 1 saturated heterocycles. The van der Waals surface area contributed by atoms with Gasteiger partial charge >= 0.3 is 12.1 Å². The number of nitrogens with zero attached hydrogens (tertiary/aromatic N) is 1. The van der Waals surface area contributed by atoms with Crippen molar-refractivity contribution in [2.75, 3.05) is 13.1 Å². The third kappa shape index (κ3) is 6.99. The van der Waals surface area contributed by atoms with Crippen LogP contribution in [0.1, 0.15) is 42.4 Å². The second kappa shape index (κ2) is 9.26. The van der Waals surface area contributed by atoms with E-state index in [1.807, 2.05) is 0 Å². The van der Waals surface area contributed by atoms with Crippen molar-refractivity contribution < 1.29 is 32.4 Å². The van der Waals surface area contributed by atoms with E-state index in [2.05, 4.69) is 22.7 Å².